The molecule has 1 amide bonds. The second-order valence-corrected chi connectivity index (χ2v) is 4.88. The lowest BCUT2D eigenvalue weighted by Gasteiger charge is -2.22. The van der Waals surface area contributed by atoms with Crippen LogP contribution in [0.15, 0.2) is 0 Å². The van der Waals surface area contributed by atoms with Crippen molar-refractivity contribution in [1.82, 2.24) is 4.90 Å². The van der Waals surface area contributed by atoms with E-state index in [1.54, 1.807) is 4.90 Å². The zero-order chi connectivity index (χ0) is 11.6. The third-order valence-electron chi connectivity index (χ3n) is 2.70. The molecule has 3 N–H and O–H groups in total. The maximum absolute atomic E-state index is 11.7. The number of carboxylic acid groups (broad SMARTS) is 1. The van der Waals surface area contributed by atoms with Crippen LogP contribution in [0.5, 0.6) is 0 Å². The van der Waals surface area contributed by atoms with Crippen molar-refractivity contribution in [3.8, 4) is 0 Å². The fourth-order valence-electron chi connectivity index (χ4n) is 1.81. The van der Waals surface area contributed by atoms with E-state index in [-0.39, 0.29) is 17.7 Å². The van der Waals surface area contributed by atoms with Gasteiger partial charge in [0.2, 0.25) is 5.91 Å². The van der Waals surface area contributed by atoms with Gasteiger partial charge in [0.15, 0.2) is 0 Å². The predicted molar refractivity (Wildman–Crippen MR) is 55.2 cm³/mol. The summed E-state index contributed by atoms with van der Waals surface area (Å²) in [6.45, 7) is 5.52. The minimum atomic E-state index is -1.03. The molecule has 86 valence electrons. The molecule has 0 aromatic carbocycles. The third-order valence-corrected chi connectivity index (χ3v) is 2.70. The molecule has 1 atom stereocenters. The fourth-order valence-corrected chi connectivity index (χ4v) is 1.81. The van der Waals surface area contributed by atoms with Gasteiger partial charge < -0.3 is 15.7 Å². The lowest BCUT2D eigenvalue weighted by Crippen LogP contribution is -2.44. The summed E-state index contributed by atoms with van der Waals surface area (Å²) >= 11 is 0. The highest BCUT2D eigenvalue weighted by Crippen LogP contribution is 2.28. The maximum atomic E-state index is 11.7. The van der Waals surface area contributed by atoms with E-state index in [1.807, 2.05) is 0 Å². The molecular weight excluding hydrogens is 196 g/mol. The number of nitrogens with zero attached hydrogens (tertiary/aromatic N) is 1. The average Bonchev–Trinajstić information content (AvgIpc) is 2.43. The van der Waals surface area contributed by atoms with E-state index in [0.29, 0.717) is 13.1 Å². The topological polar surface area (TPSA) is 83.6 Å². The van der Waals surface area contributed by atoms with E-state index in [9.17, 15) is 9.59 Å². The number of carbonyl (C=O) groups excluding carboxylic acids is 1. The first kappa shape index (κ1) is 12.0. The van der Waals surface area contributed by atoms with Crippen LogP contribution < -0.4 is 5.73 Å². The van der Waals surface area contributed by atoms with Crippen LogP contribution in [-0.2, 0) is 9.59 Å². The number of aliphatic carboxylic acids is 1. The van der Waals surface area contributed by atoms with Gasteiger partial charge in [-0.25, -0.2) is 0 Å². The molecule has 1 saturated heterocycles. The number of likely N-dealkylation sites (tertiary alicyclic amines) is 1. The number of rotatable bonds is 3. The molecule has 0 aromatic rings. The summed E-state index contributed by atoms with van der Waals surface area (Å²) in [5.41, 5.74) is 5.64. The molecular formula is C10H18N2O3. The van der Waals surface area contributed by atoms with Crippen LogP contribution in [0.4, 0.5) is 0 Å². The molecule has 0 bridgehead atoms. The molecule has 1 fully saturated rings. The van der Waals surface area contributed by atoms with Crippen LogP contribution in [0.3, 0.4) is 0 Å². The Morgan fingerprint density at radius 2 is 2.13 bits per heavy atom. The lowest BCUT2D eigenvalue weighted by molar-refractivity contribution is -0.141. The van der Waals surface area contributed by atoms with Crippen molar-refractivity contribution in [2.24, 2.45) is 11.1 Å². The normalized spacial score (nSPS) is 21.4. The maximum Gasteiger partial charge on any atom is 0.305 e. The van der Waals surface area contributed by atoms with Gasteiger partial charge in [-0.1, -0.05) is 13.8 Å². The second-order valence-electron chi connectivity index (χ2n) is 4.88. The zero-order valence-electron chi connectivity index (χ0n) is 9.19. The number of carbonyl (C=O) groups is 2. The van der Waals surface area contributed by atoms with Crippen molar-refractivity contribution in [1.29, 1.82) is 0 Å². The molecule has 1 heterocycles. The average molecular weight is 214 g/mol. The number of nitrogens with two attached hydrogens (primary N) is 1. The van der Waals surface area contributed by atoms with Gasteiger partial charge >= 0.3 is 5.97 Å². The number of amides is 1. The van der Waals surface area contributed by atoms with Crippen molar-refractivity contribution >= 4 is 11.9 Å². The minimum absolute atomic E-state index is 0.124. The van der Waals surface area contributed by atoms with Crippen molar-refractivity contribution in [3.05, 3.63) is 0 Å². The van der Waals surface area contributed by atoms with Gasteiger partial charge in [0.1, 0.15) is 0 Å². The highest BCUT2D eigenvalue weighted by molar-refractivity contribution is 5.86. The molecule has 1 aliphatic rings. The SMILES string of the molecule is CC1(C)CCN(C(=O)[C@@H](N)CC(=O)O)C1. The summed E-state index contributed by atoms with van der Waals surface area (Å²) in [6, 6.07) is -0.906. The standard InChI is InChI=1S/C10H18N2O3/c1-10(2)3-4-12(6-10)9(15)7(11)5-8(13)14/h7H,3-6,11H2,1-2H3,(H,13,14)/t7-/m0/s1. The Morgan fingerprint density at radius 1 is 1.53 bits per heavy atom. The Hall–Kier alpha value is -1.10. The molecule has 0 saturated carbocycles. The van der Waals surface area contributed by atoms with Crippen molar-refractivity contribution in [2.45, 2.75) is 32.7 Å². The Labute approximate surface area is 89.2 Å². The fraction of sp³-hybridized carbons (Fsp3) is 0.800. The lowest BCUT2D eigenvalue weighted by atomic mass is 9.93. The molecule has 0 spiro atoms. The largest absolute Gasteiger partial charge is 0.481 e. The van der Waals surface area contributed by atoms with Gasteiger partial charge in [-0.3, -0.25) is 9.59 Å². The Morgan fingerprint density at radius 3 is 2.53 bits per heavy atom. The molecule has 1 rings (SSSR count). The van der Waals surface area contributed by atoms with Gasteiger partial charge in [-0.2, -0.15) is 0 Å². The van der Waals surface area contributed by atoms with Crippen LogP contribution in [0.25, 0.3) is 0 Å². The van der Waals surface area contributed by atoms with Crippen LogP contribution in [0.1, 0.15) is 26.7 Å². The number of hydrogen-bond donors (Lipinski definition) is 2. The zero-order valence-corrected chi connectivity index (χ0v) is 9.19. The van der Waals surface area contributed by atoms with E-state index < -0.39 is 12.0 Å². The molecule has 5 heteroatoms. The molecule has 0 unspecified atom stereocenters. The van der Waals surface area contributed by atoms with Crippen LogP contribution >= 0.6 is 0 Å². The Balaban J connectivity index is 2.51. The quantitative estimate of drug-likeness (QED) is 0.695. The van der Waals surface area contributed by atoms with Crippen molar-refractivity contribution in [2.75, 3.05) is 13.1 Å². The van der Waals surface area contributed by atoms with Crippen molar-refractivity contribution in [3.63, 3.8) is 0 Å². The van der Waals surface area contributed by atoms with Gasteiger partial charge in [-0.15, -0.1) is 0 Å². The summed E-state index contributed by atoms with van der Waals surface area (Å²) < 4.78 is 0. The third kappa shape index (κ3) is 3.20. The van der Waals surface area contributed by atoms with Gasteiger partial charge in [0, 0.05) is 13.1 Å². The smallest absolute Gasteiger partial charge is 0.305 e. The van der Waals surface area contributed by atoms with Crippen LogP contribution in [0.2, 0.25) is 0 Å². The molecule has 0 aromatic heterocycles. The second kappa shape index (κ2) is 4.18. The highest BCUT2D eigenvalue weighted by Gasteiger charge is 2.34. The first-order valence-electron chi connectivity index (χ1n) is 5.08. The number of hydrogen-bond acceptors (Lipinski definition) is 3. The molecule has 0 aliphatic carbocycles. The summed E-state index contributed by atoms with van der Waals surface area (Å²) in [5, 5.41) is 8.53. The molecule has 1 aliphatic heterocycles. The first-order valence-corrected chi connectivity index (χ1v) is 5.08. The molecule has 5 nitrogen and oxygen atoms in total. The Bertz CT molecular complexity index is 276. The van der Waals surface area contributed by atoms with E-state index in [4.69, 9.17) is 10.8 Å². The van der Waals surface area contributed by atoms with Crippen LogP contribution in [0, 0.1) is 5.41 Å². The van der Waals surface area contributed by atoms with E-state index >= 15 is 0 Å². The first-order chi connectivity index (χ1) is 6.82. The van der Waals surface area contributed by atoms with E-state index in [2.05, 4.69) is 13.8 Å². The predicted octanol–water partition coefficient (Wildman–Crippen LogP) is 0.0469. The molecule has 0 radical (unpaired) electrons. The van der Waals surface area contributed by atoms with E-state index in [0.717, 1.165) is 6.42 Å². The van der Waals surface area contributed by atoms with E-state index in [1.165, 1.54) is 0 Å². The summed E-state index contributed by atoms with van der Waals surface area (Å²) in [5.74, 6) is -1.28. The van der Waals surface area contributed by atoms with Gasteiger partial charge in [0.05, 0.1) is 12.5 Å². The van der Waals surface area contributed by atoms with Crippen molar-refractivity contribution < 1.29 is 14.7 Å². The summed E-state index contributed by atoms with van der Waals surface area (Å²) in [4.78, 5) is 23.8. The van der Waals surface area contributed by atoms with Gasteiger partial charge in [-0.05, 0) is 11.8 Å². The summed E-state index contributed by atoms with van der Waals surface area (Å²) in [7, 11) is 0. The minimum Gasteiger partial charge on any atom is -0.481 e. The van der Waals surface area contributed by atoms with Gasteiger partial charge in [0.25, 0.3) is 0 Å². The number of carboxylic acids is 1. The Kier molecular flexibility index (Phi) is 3.34. The monoisotopic (exact) mass is 214 g/mol. The molecule has 15 heavy (non-hydrogen) atoms. The highest BCUT2D eigenvalue weighted by atomic mass is 16.4. The summed E-state index contributed by atoms with van der Waals surface area (Å²) in [6.07, 6.45) is 0.647. The van der Waals surface area contributed by atoms with Crippen LogP contribution in [-0.4, -0.2) is 41.0 Å².